The van der Waals surface area contributed by atoms with Crippen LogP contribution in [0, 0.1) is 0 Å². The van der Waals surface area contributed by atoms with Gasteiger partial charge in [-0.05, 0) is 12.5 Å². The van der Waals surface area contributed by atoms with Crippen LogP contribution in [0.4, 0.5) is 0 Å². The maximum absolute atomic E-state index is 12.5. The molecule has 7 heteroatoms. The molecule has 1 fully saturated rings. The van der Waals surface area contributed by atoms with Gasteiger partial charge >= 0.3 is 5.97 Å². The SMILES string of the molecule is CCCC1SCC(C(=O)O)N1C(=O)c1cc[nH]c(=O)c1. The Balaban J connectivity index is 2.31. The van der Waals surface area contributed by atoms with E-state index in [2.05, 4.69) is 4.98 Å². The Labute approximate surface area is 120 Å². The number of carbonyl (C=O) groups excluding carboxylic acids is 1. The van der Waals surface area contributed by atoms with Gasteiger partial charge in [-0.25, -0.2) is 4.79 Å². The largest absolute Gasteiger partial charge is 0.480 e. The Morgan fingerprint density at radius 3 is 2.90 bits per heavy atom. The summed E-state index contributed by atoms with van der Waals surface area (Å²) < 4.78 is 0. The number of aromatic nitrogens is 1. The molecule has 1 aliphatic heterocycles. The van der Waals surface area contributed by atoms with E-state index >= 15 is 0 Å². The van der Waals surface area contributed by atoms with Gasteiger partial charge in [-0.15, -0.1) is 11.8 Å². The fourth-order valence-electron chi connectivity index (χ4n) is 2.22. The van der Waals surface area contributed by atoms with Crippen molar-refractivity contribution in [3.8, 4) is 0 Å². The van der Waals surface area contributed by atoms with Gasteiger partial charge < -0.3 is 15.0 Å². The summed E-state index contributed by atoms with van der Waals surface area (Å²) in [5, 5.41) is 9.10. The zero-order chi connectivity index (χ0) is 14.7. The highest BCUT2D eigenvalue weighted by atomic mass is 32.2. The Bertz CT molecular complexity index is 571. The standard InChI is InChI=1S/C13H16N2O4S/c1-2-3-11-15(9(7-20-11)13(18)19)12(17)8-4-5-14-10(16)6-8/h4-6,9,11H,2-3,7H2,1H3,(H,14,16)(H,18,19). The summed E-state index contributed by atoms with van der Waals surface area (Å²) in [7, 11) is 0. The summed E-state index contributed by atoms with van der Waals surface area (Å²) in [5.41, 5.74) is -0.148. The molecule has 0 saturated carbocycles. The second-order valence-corrected chi connectivity index (χ2v) is 5.80. The van der Waals surface area contributed by atoms with Crippen LogP contribution in [0.25, 0.3) is 0 Å². The van der Waals surface area contributed by atoms with E-state index in [9.17, 15) is 19.5 Å². The second-order valence-electron chi connectivity index (χ2n) is 4.58. The Morgan fingerprint density at radius 1 is 1.55 bits per heavy atom. The van der Waals surface area contributed by atoms with Crippen LogP contribution >= 0.6 is 11.8 Å². The molecule has 2 atom stereocenters. The minimum atomic E-state index is -1.01. The molecule has 0 aromatic carbocycles. The van der Waals surface area contributed by atoms with E-state index in [4.69, 9.17) is 0 Å². The third-order valence-electron chi connectivity index (χ3n) is 3.17. The second kappa shape index (κ2) is 6.13. The Kier molecular flexibility index (Phi) is 4.49. The monoisotopic (exact) mass is 296 g/mol. The van der Waals surface area contributed by atoms with Crippen molar-refractivity contribution in [3.05, 3.63) is 34.2 Å². The van der Waals surface area contributed by atoms with Crippen molar-refractivity contribution in [1.82, 2.24) is 9.88 Å². The number of aliphatic carboxylic acids is 1. The molecule has 1 amide bonds. The number of amides is 1. The zero-order valence-electron chi connectivity index (χ0n) is 11.0. The number of rotatable bonds is 4. The van der Waals surface area contributed by atoms with Crippen molar-refractivity contribution in [3.63, 3.8) is 0 Å². The molecule has 2 heterocycles. The number of H-pyrrole nitrogens is 1. The topological polar surface area (TPSA) is 90.5 Å². The van der Waals surface area contributed by atoms with Crippen LogP contribution in [0.5, 0.6) is 0 Å². The molecule has 1 aromatic rings. The first kappa shape index (κ1) is 14.6. The highest BCUT2D eigenvalue weighted by molar-refractivity contribution is 8.00. The van der Waals surface area contributed by atoms with E-state index < -0.39 is 17.9 Å². The van der Waals surface area contributed by atoms with Crippen molar-refractivity contribution in [2.24, 2.45) is 0 Å². The fraction of sp³-hybridized carbons (Fsp3) is 0.462. The van der Waals surface area contributed by atoms with E-state index in [0.29, 0.717) is 5.75 Å². The van der Waals surface area contributed by atoms with Crippen molar-refractivity contribution in [1.29, 1.82) is 0 Å². The quantitative estimate of drug-likeness (QED) is 0.869. The summed E-state index contributed by atoms with van der Waals surface area (Å²) in [4.78, 5) is 38.9. The van der Waals surface area contributed by atoms with Gasteiger partial charge in [0.2, 0.25) is 5.56 Å². The number of pyridine rings is 1. The minimum Gasteiger partial charge on any atom is -0.480 e. The molecule has 20 heavy (non-hydrogen) atoms. The molecule has 2 N–H and O–H groups in total. The number of carbonyl (C=O) groups is 2. The van der Waals surface area contributed by atoms with Crippen molar-refractivity contribution in [2.45, 2.75) is 31.2 Å². The Morgan fingerprint density at radius 2 is 2.30 bits per heavy atom. The number of aromatic amines is 1. The molecule has 1 saturated heterocycles. The van der Waals surface area contributed by atoms with E-state index in [1.54, 1.807) is 0 Å². The van der Waals surface area contributed by atoms with Gasteiger partial charge in [-0.1, -0.05) is 13.3 Å². The van der Waals surface area contributed by atoms with Crippen molar-refractivity contribution < 1.29 is 14.7 Å². The third kappa shape index (κ3) is 2.87. The van der Waals surface area contributed by atoms with Gasteiger partial charge in [0.25, 0.3) is 5.91 Å². The highest BCUT2D eigenvalue weighted by Crippen LogP contribution is 2.33. The first-order valence-electron chi connectivity index (χ1n) is 6.40. The maximum atomic E-state index is 12.5. The van der Waals surface area contributed by atoms with Crippen LogP contribution in [0.15, 0.2) is 23.1 Å². The molecule has 1 aliphatic rings. The van der Waals surface area contributed by atoms with E-state index in [1.165, 1.54) is 35.0 Å². The van der Waals surface area contributed by atoms with Crippen LogP contribution in [-0.4, -0.2) is 44.0 Å². The number of nitrogens with one attached hydrogen (secondary N) is 1. The minimum absolute atomic E-state index is 0.145. The van der Waals surface area contributed by atoms with Crippen molar-refractivity contribution >= 4 is 23.6 Å². The molecule has 0 bridgehead atoms. The summed E-state index contributed by atoms with van der Waals surface area (Å²) in [6, 6.07) is 1.87. The first-order valence-corrected chi connectivity index (χ1v) is 7.45. The summed E-state index contributed by atoms with van der Waals surface area (Å²) in [5.74, 6) is -1.02. The smallest absolute Gasteiger partial charge is 0.327 e. The van der Waals surface area contributed by atoms with E-state index in [1.807, 2.05) is 6.92 Å². The van der Waals surface area contributed by atoms with E-state index in [0.717, 1.165) is 12.8 Å². The molecule has 0 radical (unpaired) electrons. The average Bonchev–Trinajstić information content (AvgIpc) is 2.82. The lowest BCUT2D eigenvalue weighted by Gasteiger charge is -2.27. The van der Waals surface area contributed by atoms with Crippen molar-refractivity contribution in [2.75, 3.05) is 5.75 Å². The zero-order valence-corrected chi connectivity index (χ0v) is 11.9. The van der Waals surface area contributed by atoms with Gasteiger partial charge in [0.1, 0.15) is 6.04 Å². The van der Waals surface area contributed by atoms with Crippen LogP contribution in [-0.2, 0) is 4.79 Å². The number of hydrogen-bond donors (Lipinski definition) is 2. The van der Waals surface area contributed by atoms with Crippen LogP contribution in [0.3, 0.4) is 0 Å². The molecule has 0 aliphatic carbocycles. The molecular formula is C13H16N2O4S. The number of nitrogens with zero attached hydrogens (tertiary/aromatic N) is 1. The first-order chi connectivity index (χ1) is 9.54. The highest BCUT2D eigenvalue weighted by Gasteiger charge is 2.41. The lowest BCUT2D eigenvalue weighted by molar-refractivity contribution is -0.141. The lowest BCUT2D eigenvalue weighted by atomic mass is 10.1. The molecule has 6 nitrogen and oxygen atoms in total. The normalized spacial score (nSPS) is 21.9. The molecule has 0 spiro atoms. The molecular weight excluding hydrogens is 280 g/mol. The predicted molar refractivity (Wildman–Crippen MR) is 75.8 cm³/mol. The van der Waals surface area contributed by atoms with Crippen LogP contribution in [0.2, 0.25) is 0 Å². The summed E-state index contributed by atoms with van der Waals surface area (Å²) in [6.45, 7) is 1.99. The van der Waals surface area contributed by atoms with Gasteiger partial charge in [0.05, 0.1) is 5.37 Å². The van der Waals surface area contributed by atoms with Gasteiger partial charge in [0.15, 0.2) is 0 Å². The molecule has 2 rings (SSSR count). The number of carboxylic acid groups (broad SMARTS) is 1. The lowest BCUT2D eigenvalue weighted by Crippen LogP contribution is -2.45. The number of hydrogen-bond acceptors (Lipinski definition) is 4. The molecule has 1 aromatic heterocycles. The molecule has 108 valence electrons. The van der Waals surface area contributed by atoms with Gasteiger partial charge in [0, 0.05) is 23.6 Å². The van der Waals surface area contributed by atoms with Crippen LogP contribution in [0.1, 0.15) is 30.1 Å². The average molecular weight is 296 g/mol. The maximum Gasteiger partial charge on any atom is 0.327 e. The fourth-order valence-corrected chi connectivity index (χ4v) is 3.74. The van der Waals surface area contributed by atoms with Crippen LogP contribution < -0.4 is 5.56 Å². The third-order valence-corrected chi connectivity index (χ3v) is 4.53. The van der Waals surface area contributed by atoms with E-state index in [-0.39, 0.29) is 16.5 Å². The summed E-state index contributed by atoms with van der Waals surface area (Å²) in [6.07, 6.45) is 3.00. The summed E-state index contributed by atoms with van der Waals surface area (Å²) >= 11 is 1.48. The number of thioether (sulfide) groups is 1. The molecule has 2 unspecified atom stereocenters. The predicted octanol–water partition coefficient (Wildman–Crippen LogP) is 1.14. The number of carboxylic acids is 1. The van der Waals surface area contributed by atoms with Gasteiger partial charge in [-0.3, -0.25) is 9.59 Å². The van der Waals surface area contributed by atoms with Gasteiger partial charge in [-0.2, -0.15) is 0 Å². The Hall–Kier alpha value is -1.76.